The number of nitrogens with zero attached hydrogens (tertiary/aromatic N) is 5. The van der Waals surface area contributed by atoms with Crippen molar-refractivity contribution >= 4 is 63.1 Å². The molecule has 8 rings (SSSR count). The van der Waals surface area contributed by atoms with Crippen LogP contribution in [0.15, 0.2) is 0 Å². The molecule has 65 heavy (non-hydrogen) atoms. The Labute approximate surface area is 387 Å². The van der Waals surface area contributed by atoms with Gasteiger partial charge < -0.3 is 25.2 Å². The van der Waals surface area contributed by atoms with E-state index in [1.54, 1.807) is 11.8 Å². The number of likely N-dealkylation sites (tertiary alicyclic amines) is 2. The fourth-order valence-corrected chi connectivity index (χ4v) is 13.6. The SMILES string of the molecule is CS(=O)(=O)N1CCC(C(=O)N[C@@H](CCOCCCC(=O)N2CC(CN3CCN(C4CCC5C(=O)N(C6CCC(=O)NC6=O)C(=O)C5C4)CC3)C2)C(=O)NC2NC(C3CCCCC3)CS2)C1. The van der Waals surface area contributed by atoms with Crippen molar-refractivity contribution in [1.82, 2.24) is 45.2 Å². The van der Waals surface area contributed by atoms with E-state index in [1.807, 2.05) is 4.90 Å². The number of thioether (sulfide) groups is 1. The van der Waals surface area contributed by atoms with Gasteiger partial charge in [0.25, 0.3) is 0 Å². The highest BCUT2D eigenvalue weighted by molar-refractivity contribution is 8.00. The smallest absolute Gasteiger partial charge is 0.249 e. The summed E-state index contributed by atoms with van der Waals surface area (Å²) in [4.78, 5) is 98.7. The van der Waals surface area contributed by atoms with Crippen LogP contribution in [0.4, 0.5) is 0 Å². The van der Waals surface area contributed by atoms with Crippen molar-refractivity contribution in [3.63, 3.8) is 0 Å². The van der Waals surface area contributed by atoms with Crippen LogP contribution >= 0.6 is 11.8 Å². The highest BCUT2D eigenvalue weighted by atomic mass is 32.2. The van der Waals surface area contributed by atoms with E-state index in [4.69, 9.17) is 4.74 Å². The van der Waals surface area contributed by atoms with Crippen molar-refractivity contribution in [3.05, 3.63) is 0 Å². The summed E-state index contributed by atoms with van der Waals surface area (Å²) in [6, 6.07) is -1.19. The normalized spacial score (nSPS) is 31.7. The summed E-state index contributed by atoms with van der Waals surface area (Å²) in [5, 5.41) is 11.8. The Morgan fingerprint density at radius 1 is 0.877 bits per heavy atom. The number of imide groups is 2. The third-order valence-electron chi connectivity index (χ3n) is 15.4. The number of sulfonamides is 1. The molecule has 7 amide bonds. The molecule has 6 aliphatic heterocycles. The molecule has 19 nitrogen and oxygen atoms in total. The summed E-state index contributed by atoms with van der Waals surface area (Å²) in [5.41, 5.74) is -0.251. The maximum Gasteiger partial charge on any atom is 0.249 e. The van der Waals surface area contributed by atoms with Crippen LogP contribution in [0.3, 0.4) is 0 Å². The van der Waals surface area contributed by atoms with E-state index in [9.17, 15) is 42.0 Å². The van der Waals surface area contributed by atoms with Gasteiger partial charge in [0.2, 0.25) is 51.4 Å². The number of fused-ring (bicyclic) bond motifs is 1. The molecule has 21 heteroatoms. The van der Waals surface area contributed by atoms with E-state index >= 15 is 0 Å². The Kier molecular flexibility index (Phi) is 15.9. The van der Waals surface area contributed by atoms with E-state index in [-0.39, 0.29) is 91.9 Å². The predicted molar refractivity (Wildman–Crippen MR) is 240 cm³/mol. The molecule has 6 saturated heterocycles. The van der Waals surface area contributed by atoms with E-state index in [2.05, 4.69) is 31.1 Å². The monoisotopic (exact) mass is 947 g/mol. The second kappa shape index (κ2) is 21.4. The highest BCUT2D eigenvalue weighted by Gasteiger charge is 2.54. The number of rotatable bonds is 17. The minimum Gasteiger partial charge on any atom is -0.381 e. The molecule has 362 valence electrons. The summed E-state index contributed by atoms with van der Waals surface area (Å²) in [7, 11) is -3.42. The van der Waals surface area contributed by atoms with Crippen LogP contribution < -0.4 is 21.3 Å². The zero-order valence-electron chi connectivity index (χ0n) is 37.8. The predicted octanol–water partition coefficient (Wildman–Crippen LogP) is -0.340. The molecule has 4 N–H and O–H groups in total. The fourth-order valence-electron chi connectivity index (χ4n) is 11.5. The minimum atomic E-state index is -3.42. The Hall–Kier alpha value is -3.21. The van der Waals surface area contributed by atoms with Crippen molar-refractivity contribution in [1.29, 1.82) is 0 Å². The van der Waals surface area contributed by atoms with Gasteiger partial charge >= 0.3 is 0 Å². The lowest BCUT2D eigenvalue weighted by molar-refractivity contribution is -0.151. The molecule has 2 aliphatic carbocycles. The van der Waals surface area contributed by atoms with Gasteiger partial charge in [-0.15, -0.1) is 11.8 Å². The lowest BCUT2D eigenvalue weighted by atomic mass is 9.78. The second-order valence-electron chi connectivity index (χ2n) is 19.8. The molecule has 7 unspecified atom stereocenters. The first-order valence-corrected chi connectivity index (χ1v) is 27.1. The Morgan fingerprint density at radius 3 is 2.35 bits per heavy atom. The average molecular weight is 948 g/mol. The highest BCUT2D eigenvalue weighted by Crippen LogP contribution is 2.41. The second-order valence-corrected chi connectivity index (χ2v) is 22.9. The van der Waals surface area contributed by atoms with Crippen LogP contribution in [-0.4, -0.2) is 187 Å². The van der Waals surface area contributed by atoms with Crippen molar-refractivity contribution in [3.8, 4) is 0 Å². The molecule has 0 aromatic carbocycles. The van der Waals surface area contributed by atoms with E-state index in [0.29, 0.717) is 56.6 Å². The van der Waals surface area contributed by atoms with Gasteiger partial charge in [-0.3, -0.25) is 54.0 Å². The molecule has 0 spiro atoms. The van der Waals surface area contributed by atoms with Crippen LogP contribution in [0.25, 0.3) is 0 Å². The number of piperazine rings is 1. The molecule has 0 radical (unpaired) electrons. The number of hydrogen-bond acceptors (Lipinski definition) is 14. The fraction of sp³-hybridized carbons (Fsp3) is 0.841. The number of amides is 7. The number of ether oxygens (including phenoxy) is 1. The van der Waals surface area contributed by atoms with Gasteiger partial charge in [0.15, 0.2) is 0 Å². The van der Waals surface area contributed by atoms with Crippen molar-refractivity contribution in [2.24, 2.45) is 29.6 Å². The molecular formula is C44H69N9O10S2. The van der Waals surface area contributed by atoms with Crippen LogP contribution in [0.2, 0.25) is 0 Å². The van der Waals surface area contributed by atoms with Gasteiger partial charge in [-0.2, -0.15) is 0 Å². The van der Waals surface area contributed by atoms with Crippen molar-refractivity contribution in [2.45, 2.75) is 120 Å². The number of piperidine rings is 1. The molecule has 6 heterocycles. The summed E-state index contributed by atoms with van der Waals surface area (Å²) in [5.74, 6) is -1.42. The van der Waals surface area contributed by atoms with Gasteiger partial charge in [-0.25, -0.2) is 12.7 Å². The van der Waals surface area contributed by atoms with Gasteiger partial charge in [0, 0.05) is 109 Å². The molecule has 8 fully saturated rings. The average Bonchev–Trinajstić information content (AvgIpc) is 4.02. The van der Waals surface area contributed by atoms with Crippen LogP contribution in [-0.2, 0) is 48.3 Å². The third kappa shape index (κ3) is 11.7. The molecule has 0 aromatic rings. The standard InChI is InChI=1S/C44H69N9O10S2/c1-65(61,62)52-15-13-30(26-52)39(56)45-34(40(57)48-44-46-35(27-64-44)29-6-3-2-4-7-29)14-21-63-20-5-8-38(55)51-24-28(25-51)23-49-16-18-50(19-17-49)31-9-10-32-33(22-31)43(60)53(42(32)59)36-11-12-37(54)47-41(36)58/h28-36,44,46H,2-27H2,1H3,(H,45,56)(H,48,57)(H,47,54,58)/t30?,31?,32?,33?,34-,35?,36?,44?/m0/s1. The Balaban J connectivity index is 0.709. The number of nitrogens with one attached hydrogen (secondary N) is 4. The first-order chi connectivity index (χ1) is 31.2. The number of hydrogen-bond donors (Lipinski definition) is 4. The Bertz CT molecular complexity index is 1910. The number of carbonyl (C=O) groups is 7. The first-order valence-electron chi connectivity index (χ1n) is 24.2. The molecule has 2 saturated carbocycles. The summed E-state index contributed by atoms with van der Waals surface area (Å²) >= 11 is 1.67. The summed E-state index contributed by atoms with van der Waals surface area (Å²) < 4.78 is 31.3. The van der Waals surface area contributed by atoms with Gasteiger partial charge in [-0.05, 0) is 63.7 Å². The van der Waals surface area contributed by atoms with E-state index in [1.165, 1.54) is 36.4 Å². The summed E-state index contributed by atoms with van der Waals surface area (Å²) in [6.07, 6.45) is 11.2. The van der Waals surface area contributed by atoms with Gasteiger partial charge in [0.1, 0.15) is 17.6 Å². The number of carbonyl (C=O) groups excluding carboxylic acids is 7. The molecule has 8 aliphatic rings. The quantitative estimate of drug-likeness (QED) is 0.108. The van der Waals surface area contributed by atoms with Crippen LogP contribution in [0, 0.1) is 29.6 Å². The minimum absolute atomic E-state index is 0.0945. The maximum atomic E-state index is 13.6. The largest absolute Gasteiger partial charge is 0.381 e. The van der Waals surface area contributed by atoms with Crippen LogP contribution in [0.1, 0.15) is 89.9 Å². The zero-order valence-corrected chi connectivity index (χ0v) is 39.4. The van der Waals surface area contributed by atoms with E-state index in [0.717, 1.165) is 69.1 Å². The molecule has 0 bridgehead atoms. The van der Waals surface area contributed by atoms with Gasteiger partial charge in [0.05, 0.1) is 24.0 Å². The molecule has 8 atom stereocenters. The topological polar surface area (TPSA) is 227 Å². The van der Waals surface area contributed by atoms with Crippen molar-refractivity contribution < 1.29 is 46.7 Å². The molecule has 0 aromatic heterocycles. The van der Waals surface area contributed by atoms with Crippen molar-refractivity contribution in [2.75, 3.05) is 84.1 Å². The molecular weight excluding hydrogens is 879 g/mol. The lowest BCUT2D eigenvalue weighted by Crippen LogP contribution is -2.57. The first kappa shape index (κ1) is 48.3. The van der Waals surface area contributed by atoms with Crippen LogP contribution in [0.5, 0.6) is 0 Å². The van der Waals surface area contributed by atoms with E-state index < -0.39 is 39.8 Å². The maximum absolute atomic E-state index is 13.6. The lowest BCUT2D eigenvalue weighted by Gasteiger charge is -2.45. The van der Waals surface area contributed by atoms with Gasteiger partial charge in [-0.1, -0.05) is 19.3 Å². The Morgan fingerprint density at radius 2 is 1.63 bits per heavy atom. The zero-order chi connectivity index (χ0) is 45.8. The third-order valence-corrected chi connectivity index (χ3v) is 17.8. The summed E-state index contributed by atoms with van der Waals surface area (Å²) in [6.45, 7) is 6.82.